The first-order valence-corrected chi connectivity index (χ1v) is 10.5. The van der Waals surface area contributed by atoms with Gasteiger partial charge in [-0.15, -0.1) is 0 Å². The lowest BCUT2D eigenvalue weighted by molar-refractivity contribution is 0.158. The van der Waals surface area contributed by atoms with E-state index in [0.717, 1.165) is 39.0 Å². The molecule has 0 spiro atoms. The van der Waals surface area contributed by atoms with E-state index in [0.29, 0.717) is 15.8 Å². The normalized spacial score (nSPS) is 21.7. The summed E-state index contributed by atoms with van der Waals surface area (Å²) in [4.78, 5) is 3.29. The van der Waals surface area contributed by atoms with Gasteiger partial charge in [-0.25, -0.2) is 8.42 Å². The topological polar surface area (TPSA) is 49.4 Å². The number of fused-ring (bicyclic) bond motifs is 1. The van der Waals surface area contributed by atoms with Crippen molar-refractivity contribution in [3.8, 4) is 0 Å². The van der Waals surface area contributed by atoms with Crippen molar-refractivity contribution in [3.05, 3.63) is 59.7 Å². The molecule has 0 saturated carbocycles. The maximum absolute atomic E-state index is 13.0. The van der Waals surface area contributed by atoms with E-state index in [1.54, 1.807) is 30.3 Å². The minimum Gasteiger partial charge on any atom is -0.314 e. The van der Waals surface area contributed by atoms with E-state index in [4.69, 9.17) is 0 Å². The standard InChI is InChI=1S/C20H24N2O2S/c23-25(24,17-6-2-1-3-7-17)18-10-9-16-5-4-8-20(19(16)15-18)22-13-11-21-12-14-22/h1-3,6-7,9-10,15,20-21H,4-5,8,11-14H2. The number of nitrogens with zero attached hydrogens (tertiary/aromatic N) is 1. The van der Waals surface area contributed by atoms with Crippen LogP contribution in [0.2, 0.25) is 0 Å². The Morgan fingerprint density at radius 1 is 0.960 bits per heavy atom. The molecular weight excluding hydrogens is 332 g/mol. The molecule has 0 amide bonds. The van der Waals surface area contributed by atoms with Crippen LogP contribution in [0.25, 0.3) is 0 Å². The number of piperazine rings is 1. The van der Waals surface area contributed by atoms with Gasteiger partial charge in [-0.3, -0.25) is 4.90 Å². The molecule has 2 aromatic rings. The van der Waals surface area contributed by atoms with Gasteiger partial charge in [0, 0.05) is 32.2 Å². The summed E-state index contributed by atoms with van der Waals surface area (Å²) in [5, 5.41) is 3.40. The van der Waals surface area contributed by atoms with Crippen molar-refractivity contribution in [2.24, 2.45) is 0 Å². The van der Waals surface area contributed by atoms with E-state index < -0.39 is 9.84 Å². The van der Waals surface area contributed by atoms with Crippen LogP contribution in [0.1, 0.15) is 30.0 Å². The van der Waals surface area contributed by atoms with Crippen LogP contribution < -0.4 is 5.32 Å². The third kappa shape index (κ3) is 3.24. The van der Waals surface area contributed by atoms with E-state index >= 15 is 0 Å². The molecule has 0 radical (unpaired) electrons. The number of rotatable bonds is 3. The van der Waals surface area contributed by atoms with Crippen molar-refractivity contribution in [2.75, 3.05) is 26.2 Å². The average molecular weight is 356 g/mol. The molecule has 1 unspecified atom stereocenters. The zero-order valence-corrected chi connectivity index (χ0v) is 15.1. The fourth-order valence-corrected chi connectivity index (χ4v) is 5.35. The van der Waals surface area contributed by atoms with Crippen molar-refractivity contribution in [1.29, 1.82) is 0 Å². The van der Waals surface area contributed by atoms with Gasteiger partial charge in [-0.05, 0) is 54.7 Å². The molecule has 1 saturated heterocycles. The van der Waals surface area contributed by atoms with E-state index in [9.17, 15) is 8.42 Å². The highest BCUT2D eigenvalue weighted by molar-refractivity contribution is 7.91. The molecule has 1 aliphatic heterocycles. The van der Waals surface area contributed by atoms with Gasteiger partial charge in [0.15, 0.2) is 0 Å². The average Bonchev–Trinajstić information content (AvgIpc) is 2.68. The van der Waals surface area contributed by atoms with Crippen molar-refractivity contribution < 1.29 is 8.42 Å². The first-order valence-electron chi connectivity index (χ1n) is 9.04. The van der Waals surface area contributed by atoms with Crippen molar-refractivity contribution in [3.63, 3.8) is 0 Å². The Labute approximate surface area is 149 Å². The predicted molar refractivity (Wildman–Crippen MR) is 98.5 cm³/mol. The van der Waals surface area contributed by atoms with Crippen LogP contribution in [0.5, 0.6) is 0 Å². The minimum atomic E-state index is -3.46. The van der Waals surface area contributed by atoms with Crippen LogP contribution in [0.15, 0.2) is 58.3 Å². The van der Waals surface area contributed by atoms with Crippen molar-refractivity contribution >= 4 is 9.84 Å². The van der Waals surface area contributed by atoms with Crippen LogP contribution in [0.4, 0.5) is 0 Å². The number of sulfone groups is 1. The van der Waals surface area contributed by atoms with E-state index in [2.05, 4.69) is 10.2 Å². The molecule has 1 fully saturated rings. The smallest absolute Gasteiger partial charge is 0.206 e. The Morgan fingerprint density at radius 3 is 2.48 bits per heavy atom. The van der Waals surface area contributed by atoms with Gasteiger partial charge in [-0.2, -0.15) is 0 Å². The molecule has 1 heterocycles. The summed E-state index contributed by atoms with van der Waals surface area (Å²) < 4.78 is 26.0. The fraction of sp³-hybridized carbons (Fsp3) is 0.400. The molecule has 4 rings (SSSR count). The SMILES string of the molecule is O=S(=O)(c1ccccc1)c1ccc2c(c1)C(N1CCNCC1)CCC2. The highest BCUT2D eigenvalue weighted by atomic mass is 32.2. The molecular formula is C20H24N2O2S. The monoisotopic (exact) mass is 356 g/mol. The van der Waals surface area contributed by atoms with Crippen LogP contribution >= 0.6 is 0 Å². The molecule has 5 heteroatoms. The lowest BCUT2D eigenvalue weighted by Crippen LogP contribution is -2.45. The maximum Gasteiger partial charge on any atom is 0.206 e. The lowest BCUT2D eigenvalue weighted by Gasteiger charge is -2.38. The number of benzene rings is 2. The first kappa shape index (κ1) is 16.8. The van der Waals surface area contributed by atoms with E-state index in [1.165, 1.54) is 17.5 Å². The Kier molecular flexibility index (Phi) is 4.63. The highest BCUT2D eigenvalue weighted by Gasteiger charge is 2.28. The number of aryl methyl sites for hydroxylation is 1. The minimum absolute atomic E-state index is 0.344. The summed E-state index contributed by atoms with van der Waals surface area (Å²) in [6.45, 7) is 4.07. The molecule has 4 nitrogen and oxygen atoms in total. The van der Waals surface area contributed by atoms with Crippen LogP contribution in [-0.4, -0.2) is 39.5 Å². The third-order valence-corrected chi connectivity index (χ3v) is 7.12. The highest BCUT2D eigenvalue weighted by Crippen LogP contribution is 2.36. The Bertz CT molecular complexity index is 843. The first-order chi connectivity index (χ1) is 12.2. The number of hydrogen-bond acceptors (Lipinski definition) is 4. The number of hydrogen-bond donors (Lipinski definition) is 1. The van der Waals surface area contributed by atoms with Crippen molar-refractivity contribution in [1.82, 2.24) is 10.2 Å². The largest absolute Gasteiger partial charge is 0.314 e. The third-order valence-electron chi connectivity index (χ3n) is 5.36. The summed E-state index contributed by atoms with van der Waals surface area (Å²) in [6.07, 6.45) is 3.33. The summed E-state index contributed by atoms with van der Waals surface area (Å²) in [7, 11) is -3.46. The van der Waals surface area contributed by atoms with E-state index in [1.807, 2.05) is 18.2 Å². The summed E-state index contributed by atoms with van der Waals surface area (Å²) in [6, 6.07) is 14.8. The molecule has 2 aliphatic rings. The van der Waals surface area contributed by atoms with Crippen LogP contribution in [0, 0.1) is 0 Å². The molecule has 0 aromatic heterocycles. The lowest BCUT2D eigenvalue weighted by atomic mass is 9.86. The van der Waals surface area contributed by atoms with Gasteiger partial charge in [0.25, 0.3) is 0 Å². The van der Waals surface area contributed by atoms with Crippen LogP contribution in [-0.2, 0) is 16.3 Å². The van der Waals surface area contributed by atoms with Gasteiger partial charge >= 0.3 is 0 Å². The van der Waals surface area contributed by atoms with Crippen LogP contribution in [0.3, 0.4) is 0 Å². The molecule has 132 valence electrons. The molecule has 1 aliphatic carbocycles. The predicted octanol–water partition coefficient (Wildman–Crippen LogP) is 2.80. The van der Waals surface area contributed by atoms with Gasteiger partial charge < -0.3 is 5.32 Å². The summed E-state index contributed by atoms with van der Waals surface area (Å²) in [5.41, 5.74) is 2.52. The van der Waals surface area contributed by atoms with Crippen molar-refractivity contribution in [2.45, 2.75) is 35.1 Å². The molecule has 1 N–H and O–H groups in total. The second kappa shape index (κ2) is 6.90. The summed E-state index contributed by atoms with van der Waals surface area (Å²) >= 11 is 0. The zero-order valence-electron chi connectivity index (χ0n) is 14.3. The zero-order chi connectivity index (χ0) is 17.3. The van der Waals surface area contributed by atoms with Gasteiger partial charge in [-0.1, -0.05) is 24.3 Å². The Morgan fingerprint density at radius 2 is 1.72 bits per heavy atom. The van der Waals surface area contributed by atoms with Gasteiger partial charge in [0.2, 0.25) is 9.84 Å². The Balaban J connectivity index is 1.73. The second-order valence-corrected chi connectivity index (χ2v) is 8.82. The van der Waals surface area contributed by atoms with Gasteiger partial charge in [0.1, 0.15) is 0 Å². The molecule has 0 bridgehead atoms. The van der Waals surface area contributed by atoms with Gasteiger partial charge in [0.05, 0.1) is 9.79 Å². The number of nitrogens with one attached hydrogen (secondary N) is 1. The summed E-state index contributed by atoms with van der Waals surface area (Å²) in [5.74, 6) is 0. The second-order valence-electron chi connectivity index (χ2n) is 6.87. The quantitative estimate of drug-likeness (QED) is 0.919. The maximum atomic E-state index is 13.0. The van der Waals surface area contributed by atoms with E-state index in [-0.39, 0.29) is 0 Å². The molecule has 25 heavy (non-hydrogen) atoms. The molecule has 2 aromatic carbocycles. The Hall–Kier alpha value is -1.69. The fourth-order valence-electron chi connectivity index (χ4n) is 4.03. The molecule has 1 atom stereocenters.